The van der Waals surface area contributed by atoms with Gasteiger partial charge in [-0.25, -0.2) is 0 Å². The van der Waals surface area contributed by atoms with Gasteiger partial charge in [-0.3, -0.25) is 9.78 Å². The first-order valence-corrected chi connectivity index (χ1v) is 10.4. The Balaban J connectivity index is 2.21. The van der Waals surface area contributed by atoms with Crippen LogP contribution in [0.2, 0.25) is 0 Å². The lowest BCUT2D eigenvalue weighted by molar-refractivity contribution is -0.124. The Morgan fingerprint density at radius 1 is 1.03 bits per heavy atom. The van der Waals surface area contributed by atoms with E-state index in [0.717, 1.165) is 16.5 Å². The minimum atomic E-state index is -1.84. The molecule has 0 aliphatic rings. The van der Waals surface area contributed by atoms with Crippen LogP contribution in [0.1, 0.15) is 23.6 Å². The van der Waals surface area contributed by atoms with Gasteiger partial charge in [-0.1, -0.05) is 6.07 Å². The maximum Gasteiger partial charge on any atom is 0.244 e. The third-order valence-electron chi connectivity index (χ3n) is 5.54. The number of aliphatic hydroxyl groups excluding tert-OH is 1. The van der Waals surface area contributed by atoms with Gasteiger partial charge < -0.3 is 35.5 Å². The molecule has 176 valence electrons. The van der Waals surface area contributed by atoms with Gasteiger partial charge in [-0.2, -0.15) is 0 Å². The first-order chi connectivity index (χ1) is 15.8. The van der Waals surface area contributed by atoms with Crippen LogP contribution in [-0.2, 0) is 16.8 Å². The fourth-order valence-electron chi connectivity index (χ4n) is 3.90. The number of amides is 1. The Morgan fingerprint density at radius 3 is 2.21 bits per heavy atom. The molecule has 0 saturated heterocycles. The third kappa shape index (κ3) is 4.37. The molecule has 0 spiro atoms. The van der Waals surface area contributed by atoms with Crippen molar-refractivity contribution < 1.29 is 28.8 Å². The number of hydrogen-bond acceptors (Lipinski definition) is 8. The van der Waals surface area contributed by atoms with E-state index < -0.39 is 18.1 Å². The van der Waals surface area contributed by atoms with Crippen LogP contribution in [0.25, 0.3) is 10.8 Å². The number of ether oxygens (including phenoxy) is 4. The number of primary amides is 1. The Kier molecular flexibility index (Phi) is 7.25. The minimum absolute atomic E-state index is 0.302. The lowest BCUT2D eigenvalue weighted by atomic mass is 9.85. The van der Waals surface area contributed by atoms with Gasteiger partial charge in [0.15, 0.2) is 11.5 Å². The van der Waals surface area contributed by atoms with E-state index in [-0.39, 0.29) is 0 Å². The largest absolute Gasteiger partial charge is 0.493 e. The number of carbonyl (C=O) groups excluding carboxylic acids is 1. The zero-order valence-electron chi connectivity index (χ0n) is 19.2. The van der Waals surface area contributed by atoms with Gasteiger partial charge in [-0.05, 0) is 48.1 Å². The van der Waals surface area contributed by atoms with Crippen LogP contribution in [0.3, 0.4) is 0 Å². The first-order valence-electron chi connectivity index (χ1n) is 10.4. The topological polar surface area (TPSA) is 139 Å². The number of aliphatic hydroxyl groups is 1. The van der Waals surface area contributed by atoms with Gasteiger partial charge in [-0.15, -0.1) is 0 Å². The second-order valence-corrected chi connectivity index (χ2v) is 7.47. The van der Waals surface area contributed by atoms with Crippen LogP contribution in [0.4, 0.5) is 0 Å². The number of carbonyl (C=O) groups is 1. The number of nitrogens with two attached hydrogens (primary N) is 2. The van der Waals surface area contributed by atoms with Gasteiger partial charge in [0.1, 0.15) is 11.3 Å². The van der Waals surface area contributed by atoms with Gasteiger partial charge >= 0.3 is 0 Å². The molecule has 9 nitrogen and oxygen atoms in total. The average Bonchev–Trinajstić information content (AvgIpc) is 2.82. The fraction of sp³-hybridized carbons (Fsp3) is 0.333. The molecule has 1 atom stereocenters. The number of aromatic nitrogens is 1. The zero-order chi connectivity index (χ0) is 24.2. The molecular formula is C24H29N3O6. The molecular weight excluding hydrogens is 426 g/mol. The van der Waals surface area contributed by atoms with E-state index in [1.54, 1.807) is 39.8 Å². The number of pyridine rings is 1. The zero-order valence-corrected chi connectivity index (χ0v) is 19.2. The van der Waals surface area contributed by atoms with E-state index >= 15 is 0 Å². The van der Waals surface area contributed by atoms with E-state index in [4.69, 9.17) is 30.4 Å². The molecule has 0 aliphatic heterocycles. The van der Waals surface area contributed by atoms with Crippen molar-refractivity contribution in [3.8, 4) is 23.0 Å². The molecule has 1 heterocycles. The SMILES string of the molecule is CCOc1ccc2c(Cc3cc(OC)c(OC)c(OC)c3)cncc2c1[C@](N)(CO)C(N)=O. The Hall–Kier alpha value is -3.56. The lowest BCUT2D eigenvalue weighted by Gasteiger charge is -2.28. The average molecular weight is 456 g/mol. The molecule has 3 aromatic rings. The summed E-state index contributed by atoms with van der Waals surface area (Å²) < 4.78 is 22.0. The van der Waals surface area contributed by atoms with Crippen LogP contribution in [-0.4, -0.2) is 50.5 Å². The van der Waals surface area contributed by atoms with Crippen LogP contribution in [0, 0.1) is 0 Å². The van der Waals surface area contributed by atoms with Gasteiger partial charge in [0.2, 0.25) is 11.7 Å². The second kappa shape index (κ2) is 9.93. The van der Waals surface area contributed by atoms with Gasteiger partial charge in [0.05, 0.1) is 34.5 Å². The number of hydrogen-bond donors (Lipinski definition) is 3. The minimum Gasteiger partial charge on any atom is -0.493 e. The molecule has 0 unspecified atom stereocenters. The summed E-state index contributed by atoms with van der Waals surface area (Å²) in [6.07, 6.45) is 3.80. The quantitative estimate of drug-likeness (QED) is 0.421. The standard InChI is InChI=1S/C24H29N3O6/c1-5-33-18-7-6-16-15(8-14-9-19(30-2)22(32-4)20(10-14)31-3)11-27-12-17(16)21(18)24(26,13-28)23(25)29/h6-7,9-12,28H,5,8,13,26H2,1-4H3,(H2,25,29)/t24-/m1/s1. The first kappa shape index (κ1) is 24.1. The Labute approximate surface area is 192 Å². The maximum absolute atomic E-state index is 12.3. The highest BCUT2D eigenvalue weighted by atomic mass is 16.5. The number of nitrogens with zero attached hydrogens (tertiary/aromatic N) is 1. The van der Waals surface area contributed by atoms with Crippen molar-refractivity contribution in [1.29, 1.82) is 0 Å². The number of methoxy groups -OCH3 is 3. The summed E-state index contributed by atoms with van der Waals surface area (Å²) in [7, 11) is 4.66. The van der Waals surface area contributed by atoms with Crippen LogP contribution >= 0.6 is 0 Å². The van der Waals surface area contributed by atoms with E-state index in [0.29, 0.717) is 47.0 Å². The molecule has 9 heteroatoms. The summed E-state index contributed by atoms with van der Waals surface area (Å²) in [5.41, 5.74) is 12.1. The Morgan fingerprint density at radius 2 is 1.70 bits per heavy atom. The molecule has 1 amide bonds. The third-order valence-corrected chi connectivity index (χ3v) is 5.54. The molecule has 1 aromatic heterocycles. The fourth-order valence-corrected chi connectivity index (χ4v) is 3.90. The van der Waals surface area contributed by atoms with Crippen molar-refractivity contribution >= 4 is 16.7 Å². The molecule has 3 rings (SSSR count). The van der Waals surface area contributed by atoms with Crippen LogP contribution < -0.4 is 30.4 Å². The van der Waals surface area contributed by atoms with Crippen molar-refractivity contribution in [3.05, 3.63) is 53.3 Å². The highest BCUT2D eigenvalue weighted by Crippen LogP contribution is 2.40. The van der Waals surface area contributed by atoms with E-state index in [2.05, 4.69) is 4.98 Å². The number of benzene rings is 2. The van der Waals surface area contributed by atoms with Gasteiger partial charge in [0, 0.05) is 23.3 Å². The highest BCUT2D eigenvalue weighted by molar-refractivity contribution is 5.97. The van der Waals surface area contributed by atoms with Crippen molar-refractivity contribution in [2.75, 3.05) is 34.5 Å². The monoisotopic (exact) mass is 455 g/mol. The summed E-state index contributed by atoms with van der Waals surface area (Å²) in [6, 6.07) is 7.32. The van der Waals surface area contributed by atoms with Crippen LogP contribution in [0.5, 0.6) is 23.0 Å². The Bertz CT molecular complexity index is 1140. The summed E-state index contributed by atoms with van der Waals surface area (Å²) in [5, 5.41) is 11.4. The molecule has 0 fully saturated rings. The molecule has 2 aromatic carbocycles. The maximum atomic E-state index is 12.3. The number of fused-ring (bicyclic) bond motifs is 1. The lowest BCUT2D eigenvalue weighted by Crippen LogP contribution is -2.52. The smallest absolute Gasteiger partial charge is 0.244 e. The molecule has 5 N–H and O–H groups in total. The molecule has 0 saturated carbocycles. The normalized spacial score (nSPS) is 12.8. The number of rotatable bonds is 10. The summed E-state index contributed by atoms with van der Waals surface area (Å²) in [6.45, 7) is 1.48. The molecule has 0 bridgehead atoms. The van der Waals surface area contributed by atoms with E-state index in [1.165, 1.54) is 0 Å². The molecule has 33 heavy (non-hydrogen) atoms. The van der Waals surface area contributed by atoms with Crippen molar-refractivity contribution in [1.82, 2.24) is 4.98 Å². The van der Waals surface area contributed by atoms with Gasteiger partial charge in [0.25, 0.3) is 0 Å². The van der Waals surface area contributed by atoms with E-state index in [1.807, 2.05) is 25.1 Å². The molecule has 0 aliphatic carbocycles. The summed E-state index contributed by atoms with van der Waals surface area (Å²) in [4.78, 5) is 16.6. The summed E-state index contributed by atoms with van der Waals surface area (Å²) >= 11 is 0. The van der Waals surface area contributed by atoms with Crippen molar-refractivity contribution in [2.24, 2.45) is 11.5 Å². The predicted molar refractivity (Wildman–Crippen MR) is 124 cm³/mol. The predicted octanol–water partition coefficient (Wildman–Crippen LogP) is 1.88. The second-order valence-electron chi connectivity index (χ2n) is 7.47. The molecule has 0 radical (unpaired) electrons. The van der Waals surface area contributed by atoms with E-state index in [9.17, 15) is 9.90 Å². The van der Waals surface area contributed by atoms with Crippen molar-refractivity contribution in [3.63, 3.8) is 0 Å². The highest BCUT2D eigenvalue weighted by Gasteiger charge is 2.38. The summed E-state index contributed by atoms with van der Waals surface area (Å²) in [5.74, 6) is 1.07. The van der Waals surface area contributed by atoms with Crippen molar-refractivity contribution in [2.45, 2.75) is 18.9 Å². The van der Waals surface area contributed by atoms with Crippen LogP contribution in [0.15, 0.2) is 36.7 Å².